The molecule has 1 aliphatic heterocycles. The molecule has 3 nitrogen and oxygen atoms in total. The molecule has 104 valence electrons. The highest BCUT2D eigenvalue weighted by atomic mass is 16.2. The molecule has 1 heterocycles. The van der Waals surface area contributed by atoms with Crippen LogP contribution in [-0.2, 0) is 11.2 Å². The van der Waals surface area contributed by atoms with E-state index in [1.807, 2.05) is 4.90 Å². The molecule has 2 atom stereocenters. The first kappa shape index (κ1) is 13.9. The molecule has 19 heavy (non-hydrogen) atoms. The van der Waals surface area contributed by atoms with Gasteiger partial charge >= 0.3 is 0 Å². The smallest absolute Gasteiger partial charge is 0.220 e. The Kier molecular flexibility index (Phi) is 4.13. The summed E-state index contributed by atoms with van der Waals surface area (Å²) in [6.07, 6.45) is 1.07. The predicted octanol–water partition coefficient (Wildman–Crippen LogP) is 2.69. The monoisotopic (exact) mass is 260 g/mol. The molecule has 0 bridgehead atoms. The molecule has 1 fully saturated rings. The Hall–Kier alpha value is -1.51. The third kappa shape index (κ3) is 2.91. The average Bonchev–Trinajstić information content (AvgIpc) is 2.37. The van der Waals surface area contributed by atoms with Crippen LogP contribution in [0.5, 0.6) is 0 Å². The molecule has 0 spiro atoms. The SMILES string of the molecule is CCc1ccc(N2CC(C)N(C(C)=O)C(C)C2)cc1. The lowest BCUT2D eigenvalue weighted by molar-refractivity contribution is -0.133. The zero-order valence-electron chi connectivity index (χ0n) is 12.4. The van der Waals surface area contributed by atoms with Gasteiger partial charge in [-0.1, -0.05) is 19.1 Å². The van der Waals surface area contributed by atoms with E-state index >= 15 is 0 Å². The average molecular weight is 260 g/mol. The summed E-state index contributed by atoms with van der Waals surface area (Å²) < 4.78 is 0. The van der Waals surface area contributed by atoms with E-state index in [4.69, 9.17) is 0 Å². The second kappa shape index (κ2) is 5.64. The van der Waals surface area contributed by atoms with Crippen LogP contribution in [0, 0.1) is 0 Å². The van der Waals surface area contributed by atoms with Crippen LogP contribution in [0.4, 0.5) is 5.69 Å². The van der Waals surface area contributed by atoms with E-state index in [9.17, 15) is 4.79 Å². The molecular formula is C16H24N2O. The molecule has 0 saturated carbocycles. The number of piperazine rings is 1. The number of carbonyl (C=O) groups excluding carboxylic acids is 1. The Morgan fingerprint density at radius 3 is 2.11 bits per heavy atom. The lowest BCUT2D eigenvalue weighted by Crippen LogP contribution is -2.58. The molecule has 0 N–H and O–H groups in total. The van der Waals surface area contributed by atoms with Gasteiger partial charge in [0.05, 0.1) is 0 Å². The van der Waals surface area contributed by atoms with Crippen LogP contribution in [0.1, 0.15) is 33.3 Å². The van der Waals surface area contributed by atoms with Gasteiger partial charge in [-0.05, 0) is 38.0 Å². The topological polar surface area (TPSA) is 23.6 Å². The first-order valence-electron chi connectivity index (χ1n) is 7.15. The molecular weight excluding hydrogens is 236 g/mol. The van der Waals surface area contributed by atoms with E-state index in [0.717, 1.165) is 19.5 Å². The van der Waals surface area contributed by atoms with Gasteiger partial charge in [-0.15, -0.1) is 0 Å². The molecule has 3 heteroatoms. The minimum absolute atomic E-state index is 0.181. The quantitative estimate of drug-likeness (QED) is 0.816. The van der Waals surface area contributed by atoms with Crippen molar-refractivity contribution in [3.05, 3.63) is 29.8 Å². The number of benzene rings is 1. The first-order chi connectivity index (χ1) is 9.02. The highest BCUT2D eigenvalue weighted by Crippen LogP contribution is 2.23. The fraction of sp³-hybridized carbons (Fsp3) is 0.562. The van der Waals surface area contributed by atoms with Crippen molar-refractivity contribution in [2.24, 2.45) is 0 Å². The molecule has 2 rings (SSSR count). The first-order valence-corrected chi connectivity index (χ1v) is 7.15. The number of rotatable bonds is 2. The van der Waals surface area contributed by atoms with Crippen molar-refractivity contribution < 1.29 is 4.79 Å². The number of aryl methyl sites for hydroxylation is 1. The van der Waals surface area contributed by atoms with E-state index in [1.165, 1.54) is 11.3 Å². The summed E-state index contributed by atoms with van der Waals surface area (Å²) >= 11 is 0. The van der Waals surface area contributed by atoms with Crippen molar-refractivity contribution >= 4 is 11.6 Å². The number of anilines is 1. The highest BCUT2D eigenvalue weighted by Gasteiger charge is 2.30. The Labute approximate surface area is 116 Å². The van der Waals surface area contributed by atoms with Gasteiger partial charge in [-0.3, -0.25) is 4.79 Å². The molecule has 1 amide bonds. The van der Waals surface area contributed by atoms with E-state index in [2.05, 4.69) is 49.9 Å². The maximum Gasteiger partial charge on any atom is 0.220 e. The van der Waals surface area contributed by atoms with Crippen LogP contribution in [-0.4, -0.2) is 36.0 Å². The Balaban J connectivity index is 2.12. The maximum atomic E-state index is 11.7. The molecule has 0 aromatic heterocycles. The zero-order chi connectivity index (χ0) is 14.0. The fourth-order valence-corrected chi connectivity index (χ4v) is 3.10. The van der Waals surface area contributed by atoms with E-state index in [1.54, 1.807) is 6.92 Å². The number of hydrogen-bond donors (Lipinski definition) is 0. The van der Waals surface area contributed by atoms with Crippen LogP contribution in [0.25, 0.3) is 0 Å². The molecule has 1 saturated heterocycles. The van der Waals surface area contributed by atoms with Crippen molar-refractivity contribution in [3.63, 3.8) is 0 Å². The third-order valence-electron chi connectivity index (χ3n) is 3.99. The Bertz CT molecular complexity index is 429. The van der Waals surface area contributed by atoms with Gasteiger partial charge in [-0.2, -0.15) is 0 Å². The van der Waals surface area contributed by atoms with E-state index < -0.39 is 0 Å². The predicted molar refractivity (Wildman–Crippen MR) is 79.5 cm³/mol. The van der Waals surface area contributed by atoms with Crippen LogP contribution in [0.2, 0.25) is 0 Å². The van der Waals surface area contributed by atoms with Gasteiger partial charge in [0.15, 0.2) is 0 Å². The lowest BCUT2D eigenvalue weighted by Gasteiger charge is -2.45. The van der Waals surface area contributed by atoms with Crippen molar-refractivity contribution in [3.8, 4) is 0 Å². The van der Waals surface area contributed by atoms with Gasteiger partial charge in [0.25, 0.3) is 0 Å². The minimum Gasteiger partial charge on any atom is -0.367 e. The number of carbonyl (C=O) groups is 1. The Morgan fingerprint density at radius 1 is 1.16 bits per heavy atom. The minimum atomic E-state index is 0.181. The fourth-order valence-electron chi connectivity index (χ4n) is 3.10. The van der Waals surface area contributed by atoms with Crippen LogP contribution in [0.3, 0.4) is 0 Å². The molecule has 1 aromatic carbocycles. The second-order valence-electron chi connectivity index (χ2n) is 5.55. The van der Waals surface area contributed by atoms with Crippen molar-refractivity contribution in [2.45, 2.75) is 46.2 Å². The molecule has 1 aromatic rings. The van der Waals surface area contributed by atoms with Crippen LogP contribution < -0.4 is 4.90 Å². The van der Waals surface area contributed by atoms with Crippen molar-refractivity contribution in [1.82, 2.24) is 4.90 Å². The lowest BCUT2D eigenvalue weighted by atomic mass is 10.1. The summed E-state index contributed by atoms with van der Waals surface area (Å²) in [7, 11) is 0. The second-order valence-corrected chi connectivity index (χ2v) is 5.55. The van der Waals surface area contributed by atoms with Crippen LogP contribution >= 0.6 is 0 Å². The van der Waals surface area contributed by atoms with Crippen molar-refractivity contribution in [2.75, 3.05) is 18.0 Å². The van der Waals surface area contributed by atoms with Gasteiger partial charge in [0, 0.05) is 37.8 Å². The summed E-state index contributed by atoms with van der Waals surface area (Å²) in [6, 6.07) is 9.33. The highest BCUT2D eigenvalue weighted by molar-refractivity contribution is 5.74. The van der Waals surface area contributed by atoms with E-state index in [0.29, 0.717) is 0 Å². The summed E-state index contributed by atoms with van der Waals surface area (Å²) in [5.74, 6) is 0.181. The molecule has 2 unspecified atom stereocenters. The maximum absolute atomic E-state index is 11.7. The standard InChI is InChI=1S/C16H24N2O/c1-5-15-6-8-16(9-7-15)17-10-12(2)18(14(4)19)13(3)11-17/h6-9,12-13H,5,10-11H2,1-4H3. The third-order valence-corrected chi connectivity index (χ3v) is 3.99. The summed E-state index contributed by atoms with van der Waals surface area (Å²) in [6.45, 7) is 9.92. The van der Waals surface area contributed by atoms with Crippen LogP contribution in [0.15, 0.2) is 24.3 Å². The number of amides is 1. The summed E-state index contributed by atoms with van der Waals surface area (Å²) in [4.78, 5) is 16.0. The normalized spacial score (nSPS) is 23.6. The number of nitrogens with zero attached hydrogens (tertiary/aromatic N) is 2. The summed E-state index contributed by atoms with van der Waals surface area (Å²) in [5, 5.41) is 0. The molecule has 0 aliphatic carbocycles. The van der Waals surface area contributed by atoms with Gasteiger partial charge in [0.2, 0.25) is 5.91 Å². The molecule has 1 aliphatic rings. The van der Waals surface area contributed by atoms with Crippen molar-refractivity contribution in [1.29, 1.82) is 0 Å². The van der Waals surface area contributed by atoms with Gasteiger partial charge in [-0.25, -0.2) is 0 Å². The van der Waals surface area contributed by atoms with Gasteiger partial charge in [0.1, 0.15) is 0 Å². The van der Waals surface area contributed by atoms with E-state index in [-0.39, 0.29) is 18.0 Å². The summed E-state index contributed by atoms with van der Waals surface area (Å²) in [5.41, 5.74) is 2.63. The largest absolute Gasteiger partial charge is 0.367 e. The van der Waals surface area contributed by atoms with Gasteiger partial charge < -0.3 is 9.80 Å². The Morgan fingerprint density at radius 2 is 1.68 bits per heavy atom. The number of hydrogen-bond acceptors (Lipinski definition) is 2. The zero-order valence-corrected chi connectivity index (χ0v) is 12.4. The molecule has 0 radical (unpaired) electrons.